The molecule has 3 N–H and O–H groups in total. The molecule has 3 unspecified atom stereocenters. The van der Waals surface area contributed by atoms with Crippen molar-refractivity contribution in [2.75, 3.05) is 19.7 Å². The van der Waals surface area contributed by atoms with Crippen molar-refractivity contribution in [1.82, 2.24) is 5.32 Å². The minimum absolute atomic E-state index is 0.375. The first-order valence-corrected chi connectivity index (χ1v) is 6.32. The molecule has 3 nitrogen and oxygen atoms in total. The van der Waals surface area contributed by atoms with Gasteiger partial charge in [0.1, 0.15) is 0 Å². The van der Waals surface area contributed by atoms with Crippen molar-refractivity contribution in [2.45, 2.75) is 51.7 Å². The molecular formula is C12H26N2O. The zero-order chi connectivity index (χ0) is 11.1. The fraction of sp³-hybridized carbons (Fsp3) is 1.00. The Kier molecular flexibility index (Phi) is 6.22. The molecule has 0 aromatic heterocycles. The Labute approximate surface area is 93.8 Å². The first kappa shape index (κ1) is 12.9. The third kappa shape index (κ3) is 4.96. The van der Waals surface area contributed by atoms with Crippen LogP contribution in [0.4, 0.5) is 0 Å². The molecule has 0 bridgehead atoms. The summed E-state index contributed by atoms with van der Waals surface area (Å²) in [5, 5.41) is 3.49. The largest absolute Gasteiger partial charge is 0.378 e. The monoisotopic (exact) mass is 214 g/mol. The lowest BCUT2D eigenvalue weighted by Crippen LogP contribution is -2.31. The van der Waals surface area contributed by atoms with E-state index in [4.69, 9.17) is 10.5 Å². The molecule has 90 valence electrons. The Morgan fingerprint density at radius 3 is 2.87 bits per heavy atom. The quantitative estimate of drug-likeness (QED) is 0.632. The van der Waals surface area contributed by atoms with Gasteiger partial charge in [-0.1, -0.05) is 13.3 Å². The van der Waals surface area contributed by atoms with E-state index in [1.165, 1.54) is 12.8 Å². The molecule has 1 aliphatic heterocycles. The van der Waals surface area contributed by atoms with E-state index < -0.39 is 0 Å². The molecule has 1 saturated heterocycles. The Balaban J connectivity index is 1.96. The van der Waals surface area contributed by atoms with E-state index in [1.807, 2.05) is 0 Å². The van der Waals surface area contributed by atoms with E-state index in [0.29, 0.717) is 18.1 Å². The molecule has 0 aromatic carbocycles. The van der Waals surface area contributed by atoms with Gasteiger partial charge in [-0.25, -0.2) is 0 Å². The maximum atomic E-state index is 5.94. The van der Waals surface area contributed by atoms with E-state index in [0.717, 1.165) is 32.5 Å². The molecule has 0 radical (unpaired) electrons. The summed E-state index contributed by atoms with van der Waals surface area (Å²) >= 11 is 0. The lowest BCUT2D eigenvalue weighted by molar-refractivity contribution is 0.105. The molecule has 1 heterocycles. The summed E-state index contributed by atoms with van der Waals surface area (Å²) in [4.78, 5) is 0. The molecule has 0 amide bonds. The van der Waals surface area contributed by atoms with E-state index in [9.17, 15) is 0 Å². The second kappa shape index (κ2) is 7.20. The van der Waals surface area contributed by atoms with Crippen molar-refractivity contribution in [3.05, 3.63) is 0 Å². The van der Waals surface area contributed by atoms with Gasteiger partial charge in [0.2, 0.25) is 0 Å². The van der Waals surface area contributed by atoms with E-state index in [-0.39, 0.29) is 0 Å². The normalized spacial score (nSPS) is 28.2. The van der Waals surface area contributed by atoms with Gasteiger partial charge in [0.15, 0.2) is 0 Å². The van der Waals surface area contributed by atoms with Crippen LogP contribution in [0.1, 0.15) is 39.5 Å². The fourth-order valence-electron chi connectivity index (χ4n) is 2.13. The Morgan fingerprint density at radius 1 is 1.47 bits per heavy atom. The first-order chi connectivity index (χ1) is 7.24. The summed E-state index contributed by atoms with van der Waals surface area (Å²) in [6, 6.07) is 0.375. The van der Waals surface area contributed by atoms with Crippen LogP contribution in [-0.4, -0.2) is 31.8 Å². The van der Waals surface area contributed by atoms with Crippen LogP contribution < -0.4 is 11.1 Å². The molecule has 0 aromatic rings. The van der Waals surface area contributed by atoms with Crippen LogP contribution in [0.15, 0.2) is 0 Å². The lowest BCUT2D eigenvalue weighted by atomic mass is 10.0. The maximum absolute atomic E-state index is 5.94. The molecule has 15 heavy (non-hydrogen) atoms. The molecule has 3 atom stereocenters. The molecule has 1 aliphatic rings. The van der Waals surface area contributed by atoms with E-state index >= 15 is 0 Å². The lowest BCUT2D eigenvalue weighted by Gasteiger charge is -2.16. The molecule has 3 heteroatoms. The number of nitrogens with two attached hydrogens (primary N) is 1. The summed E-state index contributed by atoms with van der Waals surface area (Å²) in [5.41, 5.74) is 5.94. The number of hydrogen-bond donors (Lipinski definition) is 2. The summed E-state index contributed by atoms with van der Waals surface area (Å²) in [6.45, 7) is 7.42. The van der Waals surface area contributed by atoms with Crippen LogP contribution in [0.3, 0.4) is 0 Å². The zero-order valence-electron chi connectivity index (χ0n) is 10.2. The van der Waals surface area contributed by atoms with Crippen molar-refractivity contribution in [1.29, 1.82) is 0 Å². The number of ether oxygens (including phenoxy) is 1. The highest BCUT2D eigenvalue weighted by molar-refractivity contribution is 4.74. The van der Waals surface area contributed by atoms with Gasteiger partial charge in [-0.05, 0) is 38.6 Å². The summed E-state index contributed by atoms with van der Waals surface area (Å²) in [6.07, 6.45) is 5.06. The third-order valence-electron chi connectivity index (χ3n) is 3.29. The minimum Gasteiger partial charge on any atom is -0.378 e. The van der Waals surface area contributed by atoms with Crippen molar-refractivity contribution in [3.8, 4) is 0 Å². The Bertz CT molecular complexity index is 164. The van der Waals surface area contributed by atoms with Gasteiger partial charge in [-0.3, -0.25) is 0 Å². The third-order valence-corrected chi connectivity index (χ3v) is 3.29. The Morgan fingerprint density at radius 2 is 2.27 bits per heavy atom. The average molecular weight is 214 g/mol. The fourth-order valence-corrected chi connectivity index (χ4v) is 2.13. The van der Waals surface area contributed by atoms with Gasteiger partial charge in [-0.2, -0.15) is 0 Å². The van der Waals surface area contributed by atoms with Gasteiger partial charge in [0, 0.05) is 19.2 Å². The van der Waals surface area contributed by atoms with Crippen molar-refractivity contribution in [2.24, 2.45) is 11.7 Å². The van der Waals surface area contributed by atoms with Crippen LogP contribution in [-0.2, 0) is 4.74 Å². The van der Waals surface area contributed by atoms with Gasteiger partial charge in [-0.15, -0.1) is 0 Å². The number of rotatable bonds is 7. The van der Waals surface area contributed by atoms with Gasteiger partial charge >= 0.3 is 0 Å². The van der Waals surface area contributed by atoms with Gasteiger partial charge in [0.25, 0.3) is 0 Å². The van der Waals surface area contributed by atoms with Crippen molar-refractivity contribution < 1.29 is 4.74 Å². The SMILES string of the molecule is CCCC(N)CCNCC1CCOC1C. The van der Waals surface area contributed by atoms with Gasteiger partial charge < -0.3 is 15.8 Å². The first-order valence-electron chi connectivity index (χ1n) is 6.32. The highest BCUT2D eigenvalue weighted by atomic mass is 16.5. The van der Waals surface area contributed by atoms with E-state index in [1.54, 1.807) is 0 Å². The van der Waals surface area contributed by atoms with Crippen molar-refractivity contribution in [3.63, 3.8) is 0 Å². The van der Waals surface area contributed by atoms with Crippen molar-refractivity contribution >= 4 is 0 Å². The zero-order valence-corrected chi connectivity index (χ0v) is 10.2. The molecule has 1 fully saturated rings. The summed E-state index contributed by atoms with van der Waals surface area (Å²) in [5.74, 6) is 0.701. The summed E-state index contributed by atoms with van der Waals surface area (Å²) in [7, 11) is 0. The second-order valence-electron chi connectivity index (χ2n) is 4.67. The molecule has 0 saturated carbocycles. The standard InChI is InChI=1S/C12H26N2O/c1-3-4-12(13)5-7-14-9-11-6-8-15-10(11)2/h10-12,14H,3-9,13H2,1-2H3. The minimum atomic E-state index is 0.375. The predicted molar refractivity (Wildman–Crippen MR) is 63.9 cm³/mol. The molecule has 1 rings (SSSR count). The van der Waals surface area contributed by atoms with Crippen LogP contribution >= 0.6 is 0 Å². The Hall–Kier alpha value is -0.120. The van der Waals surface area contributed by atoms with Gasteiger partial charge in [0.05, 0.1) is 6.10 Å². The molecular weight excluding hydrogens is 188 g/mol. The van der Waals surface area contributed by atoms with Crippen LogP contribution in [0.5, 0.6) is 0 Å². The predicted octanol–water partition coefficient (Wildman–Crippen LogP) is 1.52. The average Bonchev–Trinajstić information content (AvgIpc) is 2.60. The number of hydrogen-bond acceptors (Lipinski definition) is 3. The number of nitrogens with one attached hydrogen (secondary N) is 1. The van der Waals surface area contributed by atoms with Crippen LogP contribution in [0.2, 0.25) is 0 Å². The smallest absolute Gasteiger partial charge is 0.0588 e. The molecule has 0 aliphatic carbocycles. The maximum Gasteiger partial charge on any atom is 0.0588 e. The van der Waals surface area contributed by atoms with Crippen LogP contribution in [0.25, 0.3) is 0 Å². The van der Waals surface area contributed by atoms with Crippen LogP contribution in [0, 0.1) is 5.92 Å². The topological polar surface area (TPSA) is 47.3 Å². The van der Waals surface area contributed by atoms with E-state index in [2.05, 4.69) is 19.2 Å². The second-order valence-corrected chi connectivity index (χ2v) is 4.67. The highest BCUT2D eigenvalue weighted by Crippen LogP contribution is 2.19. The highest BCUT2D eigenvalue weighted by Gasteiger charge is 2.23. The molecule has 0 spiro atoms. The summed E-state index contributed by atoms with van der Waals surface area (Å²) < 4.78 is 5.52.